The summed E-state index contributed by atoms with van der Waals surface area (Å²) in [6.45, 7) is 2.78. The highest BCUT2D eigenvalue weighted by molar-refractivity contribution is 5.90. The molecule has 0 saturated carbocycles. The largest absolute Gasteiger partial charge is 0.417 e. The predicted molar refractivity (Wildman–Crippen MR) is 62.3 cm³/mol. The van der Waals surface area contributed by atoms with Crippen molar-refractivity contribution in [3.8, 4) is 17.6 Å². The number of hydrogen-bond acceptors (Lipinski definition) is 4. The molecule has 0 aromatic heterocycles. The molecular formula is C13H14O4. The van der Waals surface area contributed by atoms with E-state index in [-0.39, 0.29) is 13.4 Å². The molecule has 0 spiro atoms. The SMILES string of the molecule is CCOCOCC#CC(=O)Oc1ccccc1. The van der Waals surface area contributed by atoms with Gasteiger partial charge in [0.1, 0.15) is 19.1 Å². The van der Waals surface area contributed by atoms with Crippen LogP contribution in [0.25, 0.3) is 0 Å². The number of hydrogen-bond donors (Lipinski definition) is 0. The van der Waals surface area contributed by atoms with Crippen LogP contribution in [0.3, 0.4) is 0 Å². The highest BCUT2D eigenvalue weighted by Crippen LogP contribution is 2.07. The molecule has 4 heteroatoms. The van der Waals surface area contributed by atoms with E-state index in [1.54, 1.807) is 24.3 Å². The standard InChI is InChI=1S/C13H14O4/c1-2-15-11-16-10-6-9-13(14)17-12-7-4-3-5-8-12/h3-5,7-8H,2,10-11H2,1H3. The molecule has 0 heterocycles. The summed E-state index contributed by atoms with van der Waals surface area (Å²) in [7, 11) is 0. The first-order chi connectivity index (χ1) is 8.33. The van der Waals surface area contributed by atoms with E-state index in [0.29, 0.717) is 12.4 Å². The van der Waals surface area contributed by atoms with E-state index in [2.05, 4.69) is 11.8 Å². The van der Waals surface area contributed by atoms with Crippen LogP contribution in [-0.2, 0) is 14.3 Å². The quantitative estimate of drug-likeness (QED) is 0.194. The van der Waals surface area contributed by atoms with E-state index in [9.17, 15) is 4.79 Å². The van der Waals surface area contributed by atoms with Gasteiger partial charge in [0, 0.05) is 12.5 Å². The average Bonchev–Trinajstić information content (AvgIpc) is 2.35. The Morgan fingerprint density at radius 3 is 2.71 bits per heavy atom. The van der Waals surface area contributed by atoms with Gasteiger partial charge < -0.3 is 14.2 Å². The lowest BCUT2D eigenvalue weighted by molar-refractivity contribution is -0.128. The number of carbonyl (C=O) groups is 1. The summed E-state index contributed by atoms with van der Waals surface area (Å²) in [4.78, 5) is 11.2. The number of ether oxygens (including phenoxy) is 3. The topological polar surface area (TPSA) is 44.8 Å². The zero-order valence-electron chi connectivity index (χ0n) is 9.64. The highest BCUT2D eigenvalue weighted by atomic mass is 16.7. The monoisotopic (exact) mass is 234 g/mol. The highest BCUT2D eigenvalue weighted by Gasteiger charge is 1.98. The molecule has 0 aliphatic heterocycles. The van der Waals surface area contributed by atoms with E-state index in [1.165, 1.54) is 0 Å². The molecule has 0 aliphatic rings. The van der Waals surface area contributed by atoms with Gasteiger partial charge in [-0.15, -0.1) is 0 Å². The van der Waals surface area contributed by atoms with Crippen LogP contribution in [0, 0.1) is 11.8 Å². The molecule has 0 atom stereocenters. The van der Waals surface area contributed by atoms with Gasteiger partial charge in [-0.25, -0.2) is 4.79 Å². The first-order valence-corrected chi connectivity index (χ1v) is 5.24. The fraction of sp³-hybridized carbons (Fsp3) is 0.308. The Morgan fingerprint density at radius 1 is 1.24 bits per heavy atom. The molecule has 1 rings (SSSR count). The molecule has 17 heavy (non-hydrogen) atoms. The Kier molecular flexibility index (Phi) is 6.49. The van der Waals surface area contributed by atoms with Gasteiger partial charge in [-0.3, -0.25) is 0 Å². The van der Waals surface area contributed by atoms with Crippen molar-refractivity contribution in [2.24, 2.45) is 0 Å². The van der Waals surface area contributed by atoms with Crippen molar-refractivity contribution in [2.45, 2.75) is 6.92 Å². The summed E-state index contributed by atoms with van der Waals surface area (Å²) in [5, 5.41) is 0. The van der Waals surface area contributed by atoms with Crippen molar-refractivity contribution in [1.29, 1.82) is 0 Å². The van der Waals surface area contributed by atoms with Crippen LogP contribution >= 0.6 is 0 Å². The maximum absolute atomic E-state index is 11.2. The fourth-order valence-electron chi connectivity index (χ4n) is 0.964. The van der Waals surface area contributed by atoms with E-state index < -0.39 is 5.97 Å². The Bertz CT molecular complexity index is 389. The van der Waals surface area contributed by atoms with Crippen LogP contribution in [0.15, 0.2) is 30.3 Å². The molecule has 0 unspecified atom stereocenters. The van der Waals surface area contributed by atoms with Gasteiger partial charge in [0.15, 0.2) is 0 Å². The normalized spacial score (nSPS) is 9.24. The maximum atomic E-state index is 11.2. The lowest BCUT2D eigenvalue weighted by Crippen LogP contribution is -2.05. The minimum absolute atomic E-state index is 0.143. The molecule has 0 aliphatic carbocycles. The Balaban J connectivity index is 2.23. The van der Waals surface area contributed by atoms with E-state index >= 15 is 0 Å². The molecule has 0 fully saturated rings. The van der Waals surface area contributed by atoms with Crippen molar-refractivity contribution in [3.63, 3.8) is 0 Å². The summed E-state index contributed by atoms with van der Waals surface area (Å²) in [6, 6.07) is 8.77. The molecule has 0 saturated heterocycles. The Hall–Kier alpha value is -1.83. The average molecular weight is 234 g/mol. The first-order valence-electron chi connectivity index (χ1n) is 5.24. The molecular weight excluding hydrogens is 220 g/mol. The van der Waals surface area contributed by atoms with Gasteiger partial charge in [-0.1, -0.05) is 24.1 Å². The zero-order chi connectivity index (χ0) is 12.3. The lowest BCUT2D eigenvalue weighted by Gasteiger charge is -1.98. The second-order valence-corrected chi connectivity index (χ2v) is 2.96. The van der Waals surface area contributed by atoms with Gasteiger partial charge in [0.2, 0.25) is 0 Å². The van der Waals surface area contributed by atoms with Gasteiger partial charge in [-0.2, -0.15) is 0 Å². The number of para-hydroxylation sites is 1. The second kappa shape index (κ2) is 8.34. The van der Waals surface area contributed by atoms with Crippen molar-refractivity contribution in [3.05, 3.63) is 30.3 Å². The van der Waals surface area contributed by atoms with Crippen LogP contribution < -0.4 is 4.74 Å². The van der Waals surface area contributed by atoms with E-state index in [4.69, 9.17) is 14.2 Å². The number of carbonyl (C=O) groups excluding carboxylic acids is 1. The molecule has 0 bridgehead atoms. The van der Waals surface area contributed by atoms with Gasteiger partial charge >= 0.3 is 5.97 Å². The van der Waals surface area contributed by atoms with E-state index in [0.717, 1.165) is 0 Å². The zero-order valence-corrected chi connectivity index (χ0v) is 9.64. The van der Waals surface area contributed by atoms with Gasteiger partial charge in [0.25, 0.3) is 0 Å². The van der Waals surface area contributed by atoms with Gasteiger partial charge in [-0.05, 0) is 19.1 Å². The molecule has 0 amide bonds. The summed E-state index contributed by atoms with van der Waals surface area (Å²) in [5.74, 6) is 4.73. The minimum Gasteiger partial charge on any atom is -0.417 e. The van der Waals surface area contributed by atoms with Crippen molar-refractivity contribution in [2.75, 3.05) is 20.0 Å². The molecule has 1 aromatic carbocycles. The van der Waals surface area contributed by atoms with Crippen LogP contribution in [0.1, 0.15) is 6.92 Å². The molecule has 90 valence electrons. The third-order valence-electron chi connectivity index (χ3n) is 1.69. The molecule has 1 aromatic rings. The maximum Gasteiger partial charge on any atom is 0.389 e. The third-order valence-corrected chi connectivity index (χ3v) is 1.69. The predicted octanol–water partition coefficient (Wildman–Crippen LogP) is 1.61. The summed E-state index contributed by atoms with van der Waals surface area (Å²) >= 11 is 0. The minimum atomic E-state index is -0.601. The van der Waals surface area contributed by atoms with Crippen molar-refractivity contribution in [1.82, 2.24) is 0 Å². The summed E-state index contributed by atoms with van der Waals surface area (Å²) in [5.41, 5.74) is 0. The van der Waals surface area contributed by atoms with Gasteiger partial charge in [0.05, 0.1) is 0 Å². The number of benzene rings is 1. The van der Waals surface area contributed by atoms with Crippen molar-refractivity contribution < 1.29 is 19.0 Å². The second-order valence-electron chi connectivity index (χ2n) is 2.96. The first kappa shape index (κ1) is 13.2. The fourth-order valence-corrected chi connectivity index (χ4v) is 0.964. The molecule has 0 radical (unpaired) electrons. The summed E-state index contributed by atoms with van der Waals surface area (Å²) < 4.78 is 14.8. The van der Waals surface area contributed by atoms with E-state index in [1.807, 2.05) is 13.0 Å². The van der Waals surface area contributed by atoms with Crippen LogP contribution in [-0.4, -0.2) is 26.0 Å². The Labute approximate surface area is 100 Å². The van der Waals surface area contributed by atoms with Crippen LogP contribution in [0.2, 0.25) is 0 Å². The smallest absolute Gasteiger partial charge is 0.389 e. The Morgan fingerprint density at radius 2 is 2.00 bits per heavy atom. The number of rotatable bonds is 5. The summed E-state index contributed by atoms with van der Waals surface area (Å²) in [6.07, 6.45) is 0. The third kappa shape index (κ3) is 6.36. The van der Waals surface area contributed by atoms with Crippen LogP contribution in [0.4, 0.5) is 0 Å². The number of esters is 1. The lowest BCUT2D eigenvalue weighted by atomic mass is 10.3. The van der Waals surface area contributed by atoms with Crippen molar-refractivity contribution >= 4 is 5.97 Å². The molecule has 0 N–H and O–H groups in total. The molecule has 4 nitrogen and oxygen atoms in total. The van der Waals surface area contributed by atoms with Crippen LogP contribution in [0.5, 0.6) is 5.75 Å².